The number of ether oxygens (including phenoxy) is 1. The van der Waals surface area contributed by atoms with Crippen molar-refractivity contribution in [2.75, 3.05) is 32.1 Å². The lowest BCUT2D eigenvalue weighted by molar-refractivity contribution is -0.115. The summed E-state index contributed by atoms with van der Waals surface area (Å²) in [6.45, 7) is 1.38. The summed E-state index contributed by atoms with van der Waals surface area (Å²) in [5.41, 5.74) is 0.512. The zero-order valence-corrected chi connectivity index (χ0v) is 10.9. The second kappa shape index (κ2) is 7.50. The fraction of sp³-hybridized carbons (Fsp3) is 0.364. The van der Waals surface area contributed by atoms with Gasteiger partial charge in [-0.1, -0.05) is 29.3 Å². The molecule has 1 amide bonds. The number of rotatable bonds is 6. The largest absolute Gasteiger partial charge is 0.383 e. The molecule has 17 heavy (non-hydrogen) atoms. The summed E-state index contributed by atoms with van der Waals surface area (Å²) < 4.78 is 4.84. The molecule has 0 aliphatic carbocycles. The summed E-state index contributed by atoms with van der Waals surface area (Å²) in [7, 11) is 1.60. The lowest BCUT2D eigenvalue weighted by Gasteiger charge is -2.08. The molecule has 1 aromatic carbocycles. The highest BCUT2D eigenvalue weighted by Gasteiger charge is 2.07. The molecule has 6 heteroatoms. The number of methoxy groups -OCH3 is 1. The Morgan fingerprint density at radius 2 is 2.18 bits per heavy atom. The first-order valence-electron chi connectivity index (χ1n) is 5.08. The van der Waals surface area contributed by atoms with E-state index in [1.807, 2.05) is 0 Å². The maximum Gasteiger partial charge on any atom is 0.238 e. The van der Waals surface area contributed by atoms with Crippen LogP contribution in [0.4, 0.5) is 5.69 Å². The first-order chi connectivity index (χ1) is 8.15. The van der Waals surface area contributed by atoms with E-state index in [0.717, 1.165) is 0 Å². The minimum absolute atomic E-state index is 0.176. The van der Waals surface area contributed by atoms with Gasteiger partial charge < -0.3 is 15.4 Å². The zero-order chi connectivity index (χ0) is 12.7. The van der Waals surface area contributed by atoms with Crippen LogP contribution in [0.25, 0.3) is 0 Å². The lowest BCUT2D eigenvalue weighted by atomic mass is 10.3. The number of hydrogen-bond acceptors (Lipinski definition) is 3. The number of halogens is 2. The van der Waals surface area contributed by atoms with Crippen LogP contribution in [0, 0.1) is 0 Å². The number of carbonyl (C=O) groups excluding carboxylic acids is 1. The molecule has 0 fully saturated rings. The van der Waals surface area contributed by atoms with Gasteiger partial charge in [0.05, 0.1) is 28.9 Å². The van der Waals surface area contributed by atoms with Gasteiger partial charge >= 0.3 is 0 Å². The van der Waals surface area contributed by atoms with Crippen LogP contribution in [-0.4, -0.2) is 32.7 Å². The molecule has 1 aromatic rings. The number of carbonyl (C=O) groups is 1. The summed E-state index contributed by atoms with van der Waals surface area (Å²) in [6.07, 6.45) is 0. The standard InChI is InChI=1S/C11H14Cl2N2O2/c1-17-6-5-14-7-10(16)15-9-4-2-3-8(12)11(9)13/h2-4,14H,5-7H2,1H3,(H,15,16). The monoisotopic (exact) mass is 276 g/mol. The number of hydrogen-bond donors (Lipinski definition) is 2. The molecule has 0 saturated carbocycles. The maximum atomic E-state index is 11.5. The van der Waals surface area contributed by atoms with Gasteiger partial charge in [-0.3, -0.25) is 4.79 Å². The van der Waals surface area contributed by atoms with Crippen LogP contribution in [0.15, 0.2) is 18.2 Å². The minimum atomic E-state index is -0.176. The summed E-state index contributed by atoms with van der Waals surface area (Å²) in [6, 6.07) is 5.08. The van der Waals surface area contributed by atoms with Gasteiger partial charge in [0.15, 0.2) is 0 Å². The number of benzene rings is 1. The topological polar surface area (TPSA) is 50.4 Å². The molecule has 2 N–H and O–H groups in total. The molecule has 0 spiro atoms. The first-order valence-corrected chi connectivity index (χ1v) is 5.84. The molecular formula is C11H14Cl2N2O2. The summed E-state index contributed by atoms with van der Waals surface area (Å²) in [4.78, 5) is 11.5. The molecule has 0 saturated heterocycles. The second-order valence-corrected chi connectivity index (χ2v) is 4.10. The van der Waals surface area contributed by atoms with Crippen LogP contribution in [0.3, 0.4) is 0 Å². The Balaban J connectivity index is 2.43. The van der Waals surface area contributed by atoms with E-state index in [1.54, 1.807) is 25.3 Å². The average Bonchev–Trinajstić information content (AvgIpc) is 2.31. The molecule has 0 heterocycles. The van der Waals surface area contributed by atoms with Crippen LogP contribution in [0.2, 0.25) is 10.0 Å². The van der Waals surface area contributed by atoms with Crippen LogP contribution < -0.4 is 10.6 Å². The van der Waals surface area contributed by atoms with Crippen molar-refractivity contribution in [1.29, 1.82) is 0 Å². The van der Waals surface area contributed by atoms with E-state index in [1.165, 1.54) is 0 Å². The van der Waals surface area contributed by atoms with Gasteiger partial charge in [0.1, 0.15) is 0 Å². The number of anilines is 1. The number of amides is 1. The molecule has 0 bridgehead atoms. The smallest absolute Gasteiger partial charge is 0.238 e. The Bertz CT molecular complexity index is 386. The SMILES string of the molecule is COCCNCC(=O)Nc1cccc(Cl)c1Cl. The van der Waals surface area contributed by atoms with Crippen molar-refractivity contribution in [3.63, 3.8) is 0 Å². The quantitative estimate of drug-likeness (QED) is 0.783. The first kappa shape index (κ1) is 14.3. The second-order valence-electron chi connectivity index (χ2n) is 3.32. The Morgan fingerprint density at radius 3 is 2.88 bits per heavy atom. The summed E-state index contributed by atoms with van der Waals surface area (Å²) in [5.74, 6) is -0.176. The van der Waals surface area contributed by atoms with E-state index in [2.05, 4.69) is 10.6 Å². The molecule has 0 aromatic heterocycles. The Hall–Kier alpha value is -0.810. The third kappa shape index (κ3) is 4.91. The average molecular weight is 277 g/mol. The molecule has 1 rings (SSSR count). The van der Waals surface area contributed by atoms with Crippen molar-refractivity contribution in [1.82, 2.24) is 5.32 Å². The molecular weight excluding hydrogens is 263 g/mol. The Morgan fingerprint density at radius 1 is 1.41 bits per heavy atom. The van der Waals surface area contributed by atoms with E-state index < -0.39 is 0 Å². The van der Waals surface area contributed by atoms with Crippen molar-refractivity contribution in [2.45, 2.75) is 0 Å². The van der Waals surface area contributed by atoms with Gasteiger partial charge in [-0.15, -0.1) is 0 Å². The van der Waals surface area contributed by atoms with Gasteiger partial charge in [0.25, 0.3) is 0 Å². The molecule has 0 radical (unpaired) electrons. The van der Waals surface area contributed by atoms with Gasteiger partial charge in [-0.25, -0.2) is 0 Å². The van der Waals surface area contributed by atoms with E-state index in [4.69, 9.17) is 27.9 Å². The van der Waals surface area contributed by atoms with Crippen LogP contribution in [0.1, 0.15) is 0 Å². The van der Waals surface area contributed by atoms with Crippen LogP contribution in [-0.2, 0) is 9.53 Å². The summed E-state index contributed by atoms with van der Waals surface area (Å²) in [5, 5.41) is 6.36. The van der Waals surface area contributed by atoms with Crippen molar-refractivity contribution in [3.05, 3.63) is 28.2 Å². The predicted octanol–water partition coefficient (Wildman–Crippen LogP) is 2.17. The highest BCUT2D eigenvalue weighted by molar-refractivity contribution is 6.43. The van der Waals surface area contributed by atoms with Crippen molar-refractivity contribution in [2.24, 2.45) is 0 Å². The fourth-order valence-electron chi connectivity index (χ4n) is 1.17. The van der Waals surface area contributed by atoms with Crippen molar-refractivity contribution in [3.8, 4) is 0 Å². The van der Waals surface area contributed by atoms with Crippen LogP contribution >= 0.6 is 23.2 Å². The Kier molecular flexibility index (Phi) is 6.29. The maximum absolute atomic E-state index is 11.5. The Labute approximate surface area is 110 Å². The fourth-order valence-corrected chi connectivity index (χ4v) is 1.52. The van der Waals surface area contributed by atoms with Gasteiger partial charge in [-0.05, 0) is 12.1 Å². The van der Waals surface area contributed by atoms with Gasteiger partial charge in [0, 0.05) is 13.7 Å². The van der Waals surface area contributed by atoms with E-state index in [0.29, 0.717) is 28.9 Å². The zero-order valence-electron chi connectivity index (χ0n) is 9.43. The third-order valence-corrected chi connectivity index (χ3v) is 2.81. The molecule has 94 valence electrons. The van der Waals surface area contributed by atoms with Gasteiger partial charge in [0.2, 0.25) is 5.91 Å². The normalized spacial score (nSPS) is 10.3. The van der Waals surface area contributed by atoms with Crippen LogP contribution in [0.5, 0.6) is 0 Å². The highest BCUT2D eigenvalue weighted by atomic mass is 35.5. The molecule has 4 nitrogen and oxygen atoms in total. The summed E-state index contributed by atoms with van der Waals surface area (Å²) >= 11 is 11.8. The van der Waals surface area contributed by atoms with Gasteiger partial charge in [-0.2, -0.15) is 0 Å². The van der Waals surface area contributed by atoms with Crippen molar-refractivity contribution >= 4 is 34.8 Å². The van der Waals surface area contributed by atoms with E-state index in [9.17, 15) is 4.79 Å². The van der Waals surface area contributed by atoms with Crippen molar-refractivity contribution < 1.29 is 9.53 Å². The van der Waals surface area contributed by atoms with E-state index >= 15 is 0 Å². The highest BCUT2D eigenvalue weighted by Crippen LogP contribution is 2.29. The third-order valence-electron chi connectivity index (χ3n) is 1.99. The molecule has 0 aliphatic heterocycles. The molecule has 0 atom stereocenters. The number of nitrogens with one attached hydrogen (secondary N) is 2. The lowest BCUT2D eigenvalue weighted by Crippen LogP contribution is -2.30. The molecule has 0 unspecified atom stereocenters. The predicted molar refractivity (Wildman–Crippen MR) is 69.8 cm³/mol. The van der Waals surface area contributed by atoms with E-state index in [-0.39, 0.29) is 12.5 Å². The molecule has 0 aliphatic rings. The minimum Gasteiger partial charge on any atom is -0.383 e.